The van der Waals surface area contributed by atoms with Gasteiger partial charge in [-0.3, -0.25) is 0 Å². The van der Waals surface area contributed by atoms with Crippen LogP contribution in [0.4, 0.5) is 19.3 Å². The number of benzene rings is 2. The van der Waals surface area contributed by atoms with Crippen LogP contribution in [0.15, 0.2) is 42.5 Å². The number of hydrogen-bond donors (Lipinski definition) is 2. The first-order valence-corrected chi connectivity index (χ1v) is 11.4. The predicted octanol–water partition coefficient (Wildman–Crippen LogP) is 4.62. The Kier molecular flexibility index (Phi) is 7.11. The molecule has 1 unspecified atom stereocenters. The molecule has 0 bridgehead atoms. The predicted molar refractivity (Wildman–Crippen MR) is 125 cm³/mol. The molecule has 9 heteroatoms. The van der Waals surface area contributed by atoms with Crippen molar-refractivity contribution in [1.29, 1.82) is 0 Å². The van der Waals surface area contributed by atoms with Crippen molar-refractivity contribution in [3.63, 3.8) is 0 Å². The summed E-state index contributed by atoms with van der Waals surface area (Å²) in [6, 6.07) is 12.1. The Labute approximate surface area is 198 Å². The van der Waals surface area contributed by atoms with E-state index in [2.05, 4.69) is 39.5 Å². The Bertz CT molecular complexity index is 1020. The molecule has 34 heavy (non-hydrogen) atoms. The molecule has 2 amide bonds. The van der Waals surface area contributed by atoms with Gasteiger partial charge in [-0.25, -0.2) is 4.79 Å². The van der Waals surface area contributed by atoms with Crippen molar-refractivity contribution in [2.75, 3.05) is 33.1 Å². The number of methoxy groups -OCH3 is 2. The van der Waals surface area contributed by atoms with Gasteiger partial charge in [0.15, 0.2) is 11.5 Å². The first-order valence-electron chi connectivity index (χ1n) is 11.4. The Balaban J connectivity index is 1.46. The third kappa shape index (κ3) is 4.75. The number of alkyl halides is 2. The van der Waals surface area contributed by atoms with Crippen LogP contribution in [0.3, 0.4) is 0 Å². The number of ether oxygens (including phenoxy) is 3. The topological polar surface area (TPSA) is 72.1 Å². The molecule has 0 aromatic heterocycles. The summed E-state index contributed by atoms with van der Waals surface area (Å²) in [6.45, 7) is -2.00. The van der Waals surface area contributed by atoms with E-state index in [1.165, 1.54) is 17.7 Å². The first kappa shape index (κ1) is 24.1. The Morgan fingerprint density at radius 3 is 2.59 bits per heavy atom. The minimum atomic E-state index is -2.97. The maximum atomic E-state index is 12.7. The number of hydrogen-bond acceptors (Lipinski definition) is 5. The molecule has 1 aliphatic carbocycles. The van der Waals surface area contributed by atoms with Gasteiger partial charge in [0.1, 0.15) is 5.75 Å². The number of carbonyl (C=O) groups is 1. The Morgan fingerprint density at radius 1 is 1.09 bits per heavy atom. The van der Waals surface area contributed by atoms with Crippen molar-refractivity contribution in [3.05, 3.63) is 48.0 Å². The molecular weight excluding hydrogens is 444 g/mol. The van der Waals surface area contributed by atoms with Gasteiger partial charge in [0.25, 0.3) is 0 Å². The molecule has 2 aromatic rings. The van der Waals surface area contributed by atoms with Crippen molar-refractivity contribution in [3.8, 4) is 17.2 Å². The number of nitrogens with zero attached hydrogens (tertiary/aromatic N) is 1. The molecule has 2 aromatic carbocycles. The summed E-state index contributed by atoms with van der Waals surface area (Å²) < 4.78 is 40.8. The van der Waals surface area contributed by atoms with Gasteiger partial charge in [-0.1, -0.05) is 18.2 Å². The van der Waals surface area contributed by atoms with E-state index in [9.17, 15) is 13.6 Å². The molecule has 2 fully saturated rings. The second-order valence-corrected chi connectivity index (χ2v) is 8.92. The van der Waals surface area contributed by atoms with E-state index in [1.54, 1.807) is 26.4 Å². The third-order valence-corrected chi connectivity index (χ3v) is 7.17. The molecule has 1 aliphatic heterocycles. The van der Waals surface area contributed by atoms with Crippen molar-refractivity contribution in [2.24, 2.45) is 0 Å². The van der Waals surface area contributed by atoms with Crippen LogP contribution in [0.2, 0.25) is 0 Å². The molecule has 7 nitrogen and oxygen atoms in total. The molecule has 0 spiro atoms. The van der Waals surface area contributed by atoms with Crippen LogP contribution in [0.1, 0.15) is 31.2 Å². The van der Waals surface area contributed by atoms with Crippen LogP contribution in [0, 0.1) is 0 Å². The molecule has 4 rings (SSSR count). The maximum Gasteiger partial charge on any atom is 0.387 e. The number of anilines is 1. The Hall–Kier alpha value is -3.07. The van der Waals surface area contributed by atoms with Gasteiger partial charge < -0.3 is 29.7 Å². The molecule has 184 valence electrons. The maximum absolute atomic E-state index is 12.7. The largest absolute Gasteiger partial charge is 0.493 e. The number of halogens is 2. The first-order chi connectivity index (χ1) is 16.4. The van der Waals surface area contributed by atoms with Crippen LogP contribution in [0.25, 0.3) is 0 Å². The van der Waals surface area contributed by atoms with Crippen LogP contribution in [0.5, 0.6) is 17.2 Å². The average Bonchev–Trinajstić information content (AvgIpc) is 3.16. The molecule has 2 aliphatic rings. The average molecular weight is 476 g/mol. The highest BCUT2D eigenvalue weighted by Crippen LogP contribution is 2.49. The lowest BCUT2D eigenvalue weighted by atomic mass is 9.65. The van der Waals surface area contributed by atoms with E-state index in [-0.39, 0.29) is 28.9 Å². The van der Waals surface area contributed by atoms with Crippen LogP contribution >= 0.6 is 0 Å². The lowest BCUT2D eigenvalue weighted by Crippen LogP contribution is -2.52. The van der Waals surface area contributed by atoms with Crippen molar-refractivity contribution in [1.82, 2.24) is 10.2 Å². The van der Waals surface area contributed by atoms with E-state index >= 15 is 0 Å². The standard InChI is InChI=1S/C25H31F2N3O4/c1-30-13-12-25(16-8-9-20(32-2)21(14-16)33-3)11-10-17(15-22(25)30)28-24(31)29-18-6-4-5-7-19(18)34-23(26)27/h4-9,14,17,22-23H,10-13,15H2,1-3H3,(H2,28,29,31)/t17?,22-,25+/m1/s1. The van der Waals surface area contributed by atoms with Gasteiger partial charge in [-0.2, -0.15) is 8.78 Å². The van der Waals surface area contributed by atoms with Gasteiger partial charge in [-0.15, -0.1) is 0 Å². The number of likely N-dealkylation sites (tertiary alicyclic amines) is 1. The number of likely N-dealkylation sites (N-methyl/N-ethyl adjacent to an activating group) is 1. The number of rotatable bonds is 7. The summed E-state index contributed by atoms with van der Waals surface area (Å²) >= 11 is 0. The molecule has 2 N–H and O–H groups in total. The number of amides is 2. The minimum Gasteiger partial charge on any atom is -0.493 e. The smallest absolute Gasteiger partial charge is 0.387 e. The monoisotopic (exact) mass is 475 g/mol. The molecule has 1 saturated carbocycles. The third-order valence-electron chi connectivity index (χ3n) is 7.17. The minimum absolute atomic E-state index is 0.0271. The zero-order valence-corrected chi connectivity index (χ0v) is 19.6. The van der Waals surface area contributed by atoms with Crippen LogP contribution < -0.4 is 24.8 Å². The zero-order valence-electron chi connectivity index (χ0n) is 19.6. The van der Waals surface area contributed by atoms with Crippen molar-refractivity contribution >= 4 is 11.7 Å². The number of fused-ring (bicyclic) bond motifs is 1. The molecular formula is C25H31F2N3O4. The number of nitrogens with one attached hydrogen (secondary N) is 2. The molecule has 1 heterocycles. The summed E-state index contributed by atoms with van der Waals surface area (Å²) in [5.41, 5.74) is 1.40. The Morgan fingerprint density at radius 2 is 1.85 bits per heavy atom. The van der Waals surface area contributed by atoms with Crippen LogP contribution in [-0.4, -0.2) is 57.4 Å². The molecule has 3 atom stereocenters. The van der Waals surface area contributed by atoms with Crippen molar-refractivity contribution < 1.29 is 27.8 Å². The fraction of sp³-hybridized carbons (Fsp3) is 0.480. The van der Waals surface area contributed by atoms with E-state index in [0.717, 1.165) is 32.2 Å². The molecule has 1 saturated heterocycles. The van der Waals surface area contributed by atoms with E-state index in [1.807, 2.05) is 6.07 Å². The van der Waals surface area contributed by atoms with E-state index in [4.69, 9.17) is 9.47 Å². The van der Waals surface area contributed by atoms with Gasteiger partial charge in [0.2, 0.25) is 0 Å². The number of carbonyl (C=O) groups excluding carboxylic acids is 1. The summed E-state index contributed by atoms with van der Waals surface area (Å²) in [4.78, 5) is 15.0. The SMILES string of the molecule is COc1ccc([C@@]23CCC(NC(=O)Nc4ccccc4OC(F)F)C[C@H]2N(C)CC3)cc1OC. The van der Waals surface area contributed by atoms with Gasteiger partial charge >= 0.3 is 12.6 Å². The summed E-state index contributed by atoms with van der Waals surface area (Å²) in [7, 11) is 5.39. The van der Waals surface area contributed by atoms with Gasteiger partial charge in [-0.05, 0) is 69.1 Å². The fourth-order valence-electron chi connectivity index (χ4n) is 5.51. The quantitative estimate of drug-likeness (QED) is 0.612. The summed E-state index contributed by atoms with van der Waals surface area (Å²) in [5, 5.41) is 5.68. The summed E-state index contributed by atoms with van der Waals surface area (Å²) in [6.07, 6.45) is 3.53. The van der Waals surface area contributed by atoms with Gasteiger partial charge in [0, 0.05) is 17.5 Å². The number of para-hydroxylation sites is 2. The van der Waals surface area contributed by atoms with E-state index < -0.39 is 12.6 Å². The highest BCUT2D eigenvalue weighted by atomic mass is 19.3. The molecule has 0 radical (unpaired) electrons. The second-order valence-electron chi connectivity index (χ2n) is 8.92. The lowest BCUT2D eigenvalue weighted by Gasteiger charge is -2.45. The zero-order chi connectivity index (χ0) is 24.3. The normalized spacial score (nSPS) is 24.4. The van der Waals surface area contributed by atoms with E-state index in [0.29, 0.717) is 11.5 Å². The van der Waals surface area contributed by atoms with Crippen molar-refractivity contribution in [2.45, 2.75) is 49.8 Å². The highest BCUT2D eigenvalue weighted by molar-refractivity contribution is 5.91. The van der Waals surface area contributed by atoms with Crippen LogP contribution in [-0.2, 0) is 5.41 Å². The number of urea groups is 1. The highest BCUT2D eigenvalue weighted by Gasteiger charge is 2.50. The fourth-order valence-corrected chi connectivity index (χ4v) is 5.51. The lowest BCUT2D eigenvalue weighted by molar-refractivity contribution is -0.0493. The summed E-state index contributed by atoms with van der Waals surface area (Å²) in [5.74, 6) is 1.35. The second kappa shape index (κ2) is 10.0. The van der Waals surface area contributed by atoms with Gasteiger partial charge in [0.05, 0.1) is 19.9 Å².